The number of benzene rings is 3. The zero-order valence-electron chi connectivity index (χ0n) is 20.3. The Labute approximate surface area is 223 Å². The van der Waals surface area contributed by atoms with E-state index in [-0.39, 0.29) is 15.6 Å². The minimum Gasteiger partial charge on any atom is -0.267 e. The average molecular weight is 555 g/mol. The number of hydrogen-bond acceptors (Lipinski definition) is 6. The van der Waals surface area contributed by atoms with Crippen molar-refractivity contribution in [3.8, 4) is 0 Å². The van der Waals surface area contributed by atoms with Crippen molar-refractivity contribution in [2.75, 3.05) is 18.1 Å². The van der Waals surface area contributed by atoms with Crippen LogP contribution in [0.25, 0.3) is 10.2 Å². The Hall–Kier alpha value is -3.54. The number of thiazole rings is 1. The zero-order chi connectivity index (χ0) is 26.7. The Morgan fingerprint density at radius 1 is 0.921 bits per heavy atom. The summed E-state index contributed by atoms with van der Waals surface area (Å²) in [6, 6.07) is 15.4. The third-order valence-corrected chi connectivity index (χ3v) is 9.12. The Morgan fingerprint density at radius 3 is 2.26 bits per heavy atom. The topological polar surface area (TPSA) is 82.9 Å². The van der Waals surface area contributed by atoms with E-state index >= 15 is 0 Å². The third-order valence-electron chi connectivity index (χ3n) is 6.21. The molecule has 0 saturated carbocycles. The predicted octanol–water partition coefficient (Wildman–Crippen LogP) is 5.82. The van der Waals surface area contributed by atoms with Gasteiger partial charge in [-0.2, -0.15) is 14.4 Å². The summed E-state index contributed by atoms with van der Waals surface area (Å²) < 4.78 is 55.4. The first-order valence-corrected chi connectivity index (χ1v) is 14.4. The number of nitrogens with zero attached hydrogens (tertiary/aromatic N) is 4. The summed E-state index contributed by atoms with van der Waals surface area (Å²) in [6.07, 6.45) is 5.05. The second kappa shape index (κ2) is 11.1. The molecule has 7 nitrogen and oxygen atoms in total. The van der Waals surface area contributed by atoms with Gasteiger partial charge in [0.2, 0.25) is 15.2 Å². The number of carbonyl (C=O) groups excluding carboxylic acids is 1. The number of fused-ring (bicyclic) bond motifs is 1. The lowest BCUT2D eigenvalue weighted by molar-refractivity contribution is 0.0987. The summed E-state index contributed by atoms with van der Waals surface area (Å²) >= 11 is 1.09. The number of anilines is 1. The van der Waals surface area contributed by atoms with Gasteiger partial charge in [0.1, 0.15) is 11.6 Å². The van der Waals surface area contributed by atoms with Gasteiger partial charge in [-0.3, -0.25) is 4.79 Å². The lowest BCUT2D eigenvalue weighted by Crippen LogP contribution is -2.32. The van der Waals surface area contributed by atoms with Crippen molar-refractivity contribution in [3.63, 3.8) is 0 Å². The molecule has 0 aliphatic carbocycles. The van der Waals surface area contributed by atoms with Crippen LogP contribution in [0, 0.1) is 11.6 Å². The molecule has 196 valence electrons. The highest BCUT2D eigenvalue weighted by atomic mass is 32.2. The molecule has 0 unspecified atom stereocenters. The summed E-state index contributed by atoms with van der Waals surface area (Å²) in [5, 5.41) is 5.58. The standard InChI is InChI=1S/C27H24F2N4O3S2/c28-21-9-5-19(6-10-21)18-30-33(27-31-24-14-11-22(29)17-25(24)37-27)26(34)20-7-12-23(13-8-20)38(35,36)32-15-3-1-2-4-16-32/h5-14,17-18H,1-4,15-16H2/b30-18+. The molecule has 1 fully saturated rings. The molecule has 0 radical (unpaired) electrons. The molecule has 11 heteroatoms. The minimum atomic E-state index is -3.67. The molecule has 0 spiro atoms. The molecule has 0 atom stereocenters. The van der Waals surface area contributed by atoms with Crippen LogP contribution in [0.4, 0.5) is 13.9 Å². The van der Waals surface area contributed by atoms with E-state index in [2.05, 4.69) is 10.1 Å². The fourth-order valence-corrected chi connectivity index (χ4v) is 6.63. The summed E-state index contributed by atoms with van der Waals surface area (Å²) in [7, 11) is -3.67. The Bertz CT molecular complexity index is 1580. The van der Waals surface area contributed by atoms with Crippen molar-refractivity contribution in [1.82, 2.24) is 9.29 Å². The molecule has 1 saturated heterocycles. The van der Waals surface area contributed by atoms with Gasteiger partial charge in [0.25, 0.3) is 5.91 Å². The lowest BCUT2D eigenvalue weighted by atomic mass is 10.2. The maximum Gasteiger partial charge on any atom is 0.280 e. The maximum absolute atomic E-state index is 13.7. The van der Waals surface area contributed by atoms with Crippen LogP contribution in [0.3, 0.4) is 0 Å². The highest BCUT2D eigenvalue weighted by Gasteiger charge is 2.26. The zero-order valence-corrected chi connectivity index (χ0v) is 21.9. The number of carbonyl (C=O) groups is 1. The van der Waals surface area contributed by atoms with Gasteiger partial charge in [-0.1, -0.05) is 36.3 Å². The predicted molar refractivity (Wildman–Crippen MR) is 144 cm³/mol. The molecular formula is C27H24F2N4O3S2. The molecule has 1 aliphatic rings. The van der Waals surface area contributed by atoms with Crippen LogP contribution in [0.1, 0.15) is 41.6 Å². The largest absolute Gasteiger partial charge is 0.280 e. The molecule has 2 heterocycles. The van der Waals surface area contributed by atoms with E-state index in [1.54, 1.807) is 0 Å². The molecule has 1 amide bonds. The number of hydrazone groups is 1. The van der Waals surface area contributed by atoms with Crippen molar-refractivity contribution in [3.05, 3.63) is 89.5 Å². The Balaban J connectivity index is 1.46. The van der Waals surface area contributed by atoms with E-state index in [0.29, 0.717) is 28.9 Å². The van der Waals surface area contributed by atoms with Crippen molar-refractivity contribution in [2.24, 2.45) is 5.10 Å². The van der Waals surface area contributed by atoms with Gasteiger partial charge in [0.15, 0.2) is 0 Å². The average Bonchev–Trinajstić information content (AvgIpc) is 3.12. The van der Waals surface area contributed by atoms with Crippen LogP contribution < -0.4 is 5.01 Å². The van der Waals surface area contributed by atoms with Gasteiger partial charge in [-0.15, -0.1) is 0 Å². The van der Waals surface area contributed by atoms with E-state index in [1.807, 2.05) is 0 Å². The van der Waals surface area contributed by atoms with E-state index < -0.39 is 27.6 Å². The molecule has 4 aromatic rings. The lowest BCUT2D eigenvalue weighted by Gasteiger charge is -2.20. The van der Waals surface area contributed by atoms with Gasteiger partial charge in [-0.05, 0) is 73.0 Å². The molecule has 5 rings (SSSR count). The van der Waals surface area contributed by atoms with E-state index in [9.17, 15) is 22.0 Å². The van der Waals surface area contributed by atoms with Crippen LogP contribution in [0.2, 0.25) is 0 Å². The molecule has 0 bridgehead atoms. The van der Waals surface area contributed by atoms with Crippen molar-refractivity contribution in [1.29, 1.82) is 0 Å². The number of amides is 1. The third kappa shape index (κ3) is 5.64. The van der Waals surface area contributed by atoms with E-state index in [1.165, 1.54) is 77.2 Å². The first-order valence-electron chi connectivity index (χ1n) is 12.1. The second-order valence-corrected chi connectivity index (χ2v) is 11.8. The monoisotopic (exact) mass is 554 g/mol. The van der Waals surface area contributed by atoms with E-state index in [4.69, 9.17) is 0 Å². The molecule has 1 aromatic heterocycles. The number of halogens is 2. The highest BCUT2D eigenvalue weighted by Crippen LogP contribution is 2.31. The number of sulfonamides is 1. The van der Waals surface area contributed by atoms with Gasteiger partial charge in [0.05, 0.1) is 21.3 Å². The Morgan fingerprint density at radius 2 is 1.58 bits per heavy atom. The smallest absolute Gasteiger partial charge is 0.267 e. The first kappa shape index (κ1) is 26.1. The van der Waals surface area contributed by atoms with Gasteiger partial charge < -0.3 is 0 Å². The molecular weight excluding hydrogens is 530 g/mol. The van der Waals surface area contributed by atoms with Crippen molar-refractivity contribution >= 4 is 48.8 Å². The molecule has 1 aliphatic heterocycles. The number of aromatic nitrogens is 1. The fraction of sp³-hybridized carbons (Fsp3) is 0.222. The molecule has 38 heavy (non-hydrogen) atoms. The van der Waals surface area contributed by atoms with Gasteiger partial charge >= 0.3 is 0 Å². The SMILES string of the molecule is O=C(c1ccc(S(=O)(=O)N2CCCCCC2)cc1)N(/N=C/c1ccc(F)cc1)c1nc2ccc(F)cc2s1. The summed E-state index contributed by atoms with van der Waals surface area (Å²) in [5.74, 6) is -1.39. The summed E-state index contributed by atoms with van der Waals surface area (Å²) in [5.41, 5.74) is 1.25. The quantitative estimate of drug-likeness (QED) is 0.222. The van der Waals surface area contributed by atoms with Crippen molar-refractivity contribution in [2.45, 2.75) is 30.6 Å². The van der Waals surface area contributed by atoms with Crippen LogP contribution in [0.15, 0.2) is 76.7 Å². The minimum absolute atomic E-state index is 0.118. The highest BCUT2D eigenvalue weighted by molar-refractivity contribution is 7.89. The molecule has 0 N–H and O–H groups in total. The van der Waals surface area contributed by atoms with Crippen LogP contribution >= 0.6 is 11.3 Å². The normalized spacial score (nSPS) is 15.1. The second-order valence-electron chi connectivity index (χ2n) is 8.86. The van der Waals surface area contributed by atoms with Crippen molar-refractivity contribution < 1.29 is 22.0 Å². The van der Waals surface area contributed by atoms with Crippen LogP contribution in [-0.4, -0.2) is 42.9 Å². The number of rotatable bonds is 6. The van der Waals surface area contributed by atoms with E-state index in [0.717, 1.165) is 42.0 Å². The Kier molecular flexibility index (Phi) is 7.59. The summed E-state index contributed by atoms with van der Waals surface area (Å²) in [6.45, 7) is 0.959. The van der Waals surface area contributed by atoms with Crippen LogP contribution in [0.5, 0.6) is 0 Å². The summed E-state index contributed by atoms with van der Waals surface area (Å²) in [4.78, 5) is 18.1. The van der Waals surface area contributed by atoms with Gasteiger partial charge in [0, 0.05) is 18.7 Å². The fourth-order valence-electron chi connectivity index (χ4n) is 4.16. The first-order chi connectivity index (χ1) is 18.3. The maximum atomic E-state index is 13.7. The molecule has 3 aromatic carbocycles. The van der Waals surface area contributed by atoms with Crippen LogP contribution in [-0.2, 0) is 10.0 Å². The number of hydrogen-bond donors (Lipinski definition) is 0. The van der Waals surface area contributed by atoms with Gasteiger partial charge in [-0.25, -0.2) is 22.2 Å².